The van der Waals surface area contributed by atoms with Gasteiger partial charge in [-0.15, -0.1) is 11.3 Å². The molecular weight excluding hydrogens is 315 g/mol. The van der Waals surface area contributed by atoms with E-state index >= 15 is 0 Å². The van der Waals surface area contributed by atoms with Gasteiger partial charge in [0, 0.05) is 19.0 Å². The van der Waals surface area contributed by atoms with Gasteiger partial charge in [0.25, 0.3) is 5.91 Å². The fraction of sp³-hybridized carbons (Fsp3) is 0.412. The summed E-state index contributed by atoms with van der Waals surface area (Å²) in [7, 11) is 0. The molecule has 1 atom stereocenters. The summed E-state index contributed by atoms with van der Waals surface area (Å²) in [5, 5.41) is 0. The Morgan fingerprint density at radius 3 is 2.91 bits per heavy atom. The molecule has 3 rings (SSSR count). The standard InChI is InChI=1S/C17H19FN2O2S/c1-12-16(23-11-19-12)17(21)20-8-2-3-13(9-20)10-22-15-6-4-14(18)5-7-15/h4-7,11,13H,2-3,8-10H2,1H3/t13-/m0/s1. The first-order valence-electron chi connectivity index (χ1n) is 7.71. The first-order chi connectivity index (χ1) is 11.1. The smallest absolute Gasteiger partial charge is 0.265 e. The van der Waals surface area contributed by atoms with Gasteiger partial charge in [0.15, 0.2) is 0 Å². The van der Waals surface area contributed by atoms with Crippen LogP contribution in [0.25, 0.3) is 0 Å². The monoisotopic (exact) mass is 334 g/mol. The van der Waals surface area contributed by atoms with Gasteiger partial charge in [-0.2, -0.15) is 0 Å². The largest absolute Gasteiger partial charge is 0.493 e. The molecule has 1 amide bonds. The molecule has 6 heteroatoms. The van der Waals surface area contributed by atoms with Gasteiger partial charge in [0.1, 0.15) is 16.4 Å². The summed E-state index contributed by atoms with van der Waals surface area (Å²) in [6, 6.07) is 6.03. The van der Waals surface area contributed by atoms with E-state index in [0.29, 0.717) is 24.8 Å². The summed E-state index contributed by atoms with van der Waals surface area (Å²) in [6.07, 6.45) is 2.01. The lowest BCUT2D eigenvalue weighted by Gasteiger charge is -2.32. The summed E-state index contributed by atoms with van der Waals surface area (Å²) in [5.41, 5.74) is 2.51. The fourth-order valence-corrected chi connectivity index (χ4v) is 3.55. The van der Waals surface area contributed by atoms with Crippen LogP contribution in [0.15, 0.2) is 29.8 Å². The summed E-state index contributed by atoms with van der Waals surface area (Å²) in [4.78, 5) is 19.3. The number of halogens is 1. The third kappa shape index (κ3) is 3.88. The molecule has 0 aliphatic carbocycles. The molecule has 0 bridgehead atoms. The van der Waals surface area contributed by atoms with Crippen molar-refractivity contribution in [3.05, 3.63) is 46.2 Å². The normalized spacial score (nSPS) is 18.0. The maximum Gasteiger partial charge on any atom is 0.265 e. The minimum atomic E-state index is -0.272. The maximum atomic E-state index is 12.9. The first kappa shape index (κ1) is 15.9. The Labute approximate surface area is 138 Å². The van der Waals surface area contributed by atoms with Gasteiger partial charge in [-0.1, -0.05) is 0 Å². The van der Waals surface area contributed by atoms with Crippen molar-refractivity contribution >= 4 is 17.2 Å². The van der Waals surface area contributed by atoms with E-state index in [1.54, 1.807) is 17.6 Å². The molecule has 1 aromatic carbocycles. The van der Waals surface area contributed by atoms with Crippen LogP contribution in [-0.4, -0.2) is 35.5 Å². The second kappa shape index (κ2) is 7.08. The van der Waals surface area contributed by atoms with Crippen molar-refractivity contribution in [2.45, 2.75) is 19.8 Å². The zero-order valence-corrected chi connectivity index (χ0v) is 13.8. The van der Waals surface area contributed by atoms with Crippen LogP contribution in [0.1, 0.15) is 28.2 Å². The number of ether oxygens (including phenoxy) is 1. The molecule has 0 spiro atoms. The van der Waals surface area contributed by atoms with Crippen LogP contribution in [0, 0.1) is 18.7 Å². The van der Waals surface area contributed by atoms with Crippen LogP contribution in [-0.2, 0) is 0 Å². The number of nitrogens with zero attached hydrogens (tertiary/aromatic N) is 2. The minimum absolute atomic E-state index is 0.0662. The van der Waals surface area contributed by atoms with E-state index in [0.717, 1.165) is 30.0 Å². The SMILES string of the molecule is Cc1ncsc1C(=O)N1CCC[C@H](COc2ccc(F)cc2)C1. The number of hydrogen-bond acceptors (Lipinski definition) is 4. The molecule has 23 heavy (non-hydrogen) atoms. The zero-order chi connectivity index (χ0) is 16.2. The molecule has 0 unspecified atom stereocenters. The molecule has 1 aliphatic rings. The Bertz CT molecular complexity index is 671. The maximum absolute atomic E-state index is 12.9. The summed E-state index contributed by atoms with van der Waals surface area (Å²) >= 11 is 1.40. The molecule has 0 N–H and O–H groups in total. The number of carbonyl (C=O) groups excluding carboxylic acids is 1. The lowest BCUT2D eigenvalue weighted by Crippen LogP contribution is -2.41. The molecule has 1 fully saturated rings. The van der Waals surface area contributed by atoms with E-state index in [9.17, 15) is 9.18 Å². The Morgan fingerprint density at radius 1 is 1.43 bits per heavy atom. The van der Waals surface area contributed by atoms with Crippen LogP contribution in [0.2, 0.25) is 0 Å². The number of benzene rings is 1. The van der Waals surface area contributed by atoms with Crippen molar-refractivity contribution in [3.63, 3.8) is 0 Å². The molecule has 2 aromatic rings. The molecule has 2 heterocycles. The predicted molar refractivity (Wildman–Crippen MR) is 87.4 cm³/mol. The van der Waals surface area contributed by atoms with Gasteiger partial charge in [0.05, 0.1) is 17.8 Å². The second-order valence-corrected chi connectivity index (χ2v) is 6.65. The highest BCUT2D eigenvalue weighted by Gasteiger charge is 2.26. The van der Waals surface area contributed by atoms with Crippen molar-refractivity contribution in [1.29, 1.82) is 0 Å². The van der Waals surface area contributed by atoms with Gasteiger partial charge in [-0.3, -0.25) is 4.79 Å². The van der Waals surface area contributed by atoms with Crippen molar-refractivity contribution in [2.75, 3.05) is 19.7 Å². The van der Waals surface area contributed by atoms with E-state index in [4.69, 9.17) is 4.74 Å². The second-order valence-electron chi connectivity index (χ2n) is 5.79. The number of thiazole rings is 1. The van der Waals surface area contributed by atoms with E-state index in [2.05, 4.69) is 4.98 Å². The number of rotatable bonds is 4. The van der Waals surface area contributed by atoms with Gasteiger partial charge >= 0.3 is 0 Å². The number of hydrogen-bond donors (Lipinski definition) is 0. The van der Waals surface area contributed by atoms with E-state index in [-0.39, 0.29) is 11.7 Å². The average Bonchev–Trinajstić information content (AvgIpc) is 3.00. The highest BCUT2D eigenvalue weighted by Crippen LogP contribution is 2.22. The third-order valence-corrected chi connectivity index (χ3v) is 4.96. The van der Waals surface area contributed by atoms with Crippen LogP contribution in [0.5, 0.6) is 5.75 Å². The number of carbonyl (C=O) groups is 1. The van der Waals surface area contributed by atoms with Crippen molar-refractivity contribution < 1.29 is 13.9 Å². The van der Waals surface area contributed by atoms with Crippen LogP contribution >= 0.6 is 11.3 Å². The summed E-state index contributed by atoms with van der Waals surface area (Å²) in [6.45, 7) is 3.88. The van der Waals surface area contributed by atoms with Crippen LogP contribution < -0.4 is 4.74 Å². The Kier molecular flexibility index (Phi) is 4.91. The number of piperidine rings is 1. The Hall–Kier alpha value is -1.95. The molecule has 1 aliphatic heterocycles. The number of likely N-dealkylation sites (tertiary alicyclic amines) is 1. The molecule has 4 nitrogen and oxygen atoms in total. The van der Waals surface area contributed by atoms with Gasteiger partial charge in [-0.05, 0) is 44.0 Å². The Morgan fingerprint density at radius 2 is 2.22 bits per heavy atom. The van der Waals surface area contributed by atoms with Crippen LogP contribution in [0.4, 0.5) is 4.39 Å². The molecule has 0 radical (unpaired) electrons. The number of amides is 1. The van der Waals surface area contributed by atoms with Crippen molar-refractivity contribution in [1.82, 2.24) is 9.88 Å². The topological polar surface area (TPSA) is 42.4 Å². The van der Waals surface area contributed by atoms with Crippen molar-refractivity contribution in [2.24, 2.45) is 5.92 Å². The van der Waals surface area contributed by atoms with E-state index in [1.165, 1.54) is 23.5 Å². The number of aryl methyl sites for hydroxylation is 1. The van der Waals surface area contributed by atoms with Crippen molar-refractivity contribution in [3.8, 4) is 5.75 Å². The Balaban J connectivity index is 1.57. The molecule has 0 saturated carbocycles. The molecular formula is C17H19FN2O2S. The van der Waals surface area contributed by atoms with Gasteiger partial charge < -0.3 is 9.64 Å². The minimum Gasteiger partial charge on any atom is -0.493 e. The molecule has 1 saturated heterocycles. The molecule has 122 valence electrons. The summed E-state index contributed by atoms with van der Waals surface area (Å²) < 4.78 is 18.6. The third-order valence-electron chi connectivity index (χ3n) is 4.05. The fourth-order valence-electron chi connectivity index (χ4n) is 2.78. The summed E-state index contributed by atoms with van der Waals surface area (Å²) in [5.74, 6) is 0.752. The first-order valence-corrected chi connectivity index (χ1v) is 8.59. The van der Waals surface area contributed by atoms with E-state index in [1.807, 2.05) is 11.8 Å². The van der Waals surface area contributed by atoms with Crippen LogP contribution in [0.3, 0.4) is 0 Å². The lowest BCUT2D eigenvalue weighted by molar-refractivity contribution is 0.0637. The van der Waals surface area contributed by atoms with Gasteiger partial charge in [-0.25, -0.2) is 9.37 Å². The molecule has 1 aromatic heterocycles. The van der Waals surface area contributed by atoms with E-state index < -0.39 is 0 Å². The quantitative estimate of drug-likeness (QED) is 0.859. The zero-order valence-electron chi connectivity index (χ0n) is 13.0. The number of aromatic nitrogens is 1. The lowest BCUT2D eigenvalue weighted by atomic mass is 9.98. The van der Waals surface area contributed by atoms with Gasteiger partial charge in [0.2, 0.25) is 0 Å². The highest BCUT2D eigenvalue weighted by molar-refractivity contribution is 7.11. The predicted octanol–water partition coefficient (Wildman–Crippen LogP) is 3.52. The average molecular weight is 334 g/mol. The highest BCUT2D eigenvalue weighted by atomic mass is 32.1.